The van der Waals surface area contributed by atoms with Crippen LogP contribution >= 0.6 is 0 Å². The van der Waals surface area contributed by atoms with Crippen molar-refractivity contribution in [1.82, 2.24) is 0 Å². The van der Waals surface area contributed by atoms with Crippen molar-refractivity contribution in [3.8, 4) is 34.3 Å². The van der Waals surface area contributed by atoms with Crippen LogP contribution in [0.4, 0.5) is 0 Å². The lowest BCUT2D eigenvalue weighted by molar-refractivity contribution is -0.164. The molecule has 4 atom stereocenters. The first-order valence-corrected chi connectivity index (χ1v) is 10.8. The van der Waals surface area contributed by atoms with Crippen LogP contribution in [0, 0.1) is 0 Å². The molecule has 4 rings (SSSR count). The first-order valence-electron chi connectivity index (χ1n) is 10.8. The van der Waals surface area contributed by atoms with Crippen LogP contribution in [0.2, 0.25) is 0 Å². The minimum Gasteiger partial charge on any atom is -0.496 e. The Bertz CT molecular complexity index is 1240. The summed E-state index contributed by atoms with van der Waals surface area (Å²) in [5.41, 5.74) is 1.04. The molecule has 1 aromatic heterocycles. The quantitative estimate of drug-likeness (QED) is 0.558. The van der Waals surface area contributed by atoms with Gasteiger partial charge in [0.05, 0.1) is 52.3 Å². The van der Waals surface area contributed by atoms with Crippen molar-refractivity contribution in [3.63, 3.8) is 0 Å². The topological polar surface area (TPSA) is 117 Å². The maximum atomic E-state index is 13.3. The van der Waals surface area contributed by atoms with E-state index in [4.69, 9.17) is 28.1 Å². The van der Waals surface area contributed by atoms with Gasteiger partial charge in [0.15, 0.2) is 16.9 Å². The highest BCUT2D eigenvalue weighted by Gasteiger charge is 2.38. The van der Waals surface area contributed by atoms with Crippen molar-refractivity contribution in [3.05, 3.63) is 46.1 Å². The third-order valence-corrected chi connectivity index (χ3v) is 6.10. The second-order valence-corrected chi connectivity index (χ2v) is 8.07. The Hall–Kier alpha value is -3.27. The second-order valence-electron chi connectivity index (χ2n) is 8.07. The molecule has 1 aliphatic rings. The Balaban J connectivity index is 1.89. The number of aliphatic hydroxyl groups is 2. The summed E-state index contributed by atoms with van der Waals surface area (Å²) in [6.07, 6.45) is -3.18. The van der Waals surface area contributed by atoms with E-state index in [2.05, 4.69) is 0 Å². The molecule has 3 aromatic rings. The van der Waals surface area contributed by atoms with Gasteiger partial charge in [-0.25, -0.2) is 0 Å². The Kier molecular flexibility index (Phi) is 6.70. The number of aliphatic hydroxyl groups excluding tert-OH is 2. The molecule has 2 aromatic carbocycles. The number of methoxy groups -OCH3 is 4. The first kappa shape index (κ1) is 23.9. The summed E-state index contributed by atoms with van der Waals surface area (Å²) in [6.45, 7) is 1.67. The molecule has 2 heterocycles. The monoisotopic (exact) mass is 472 g/mol. The van der Waals surface area contributed by atoms with E-state index in [0.717, 1.165) is 0 Å². The summed E-state index contributed by atoms with van der Waals surface area (Å²) in [5.74, 6) is 1.99. The van der Waals surface area contributed by atoms with Crippen LogP contribution in [0.3, 0.4) is 0 Å². The van der Waals surface area contributed by atoms with E-state index in [-0.39, 0.29) is 28.6 Å². The summed E-state index contributed by atoms with van der Waals surface area (Å²) in [4.78, 5) is 13.3. The van der Waals surface area contributed by atoms with Gasteiger partial charge < -0.3 is 38.3 Å². The SMILES string of the molecule is COc1ccc(-c2cc(=O)c3c(OC)c([C@H]4C[C@@H](O)[C@@H](O)[C@@H](C)O4)c(OC)cc3o2)cc1OC. The highest BCUT2D eigenvalue weighted by Crippen LogP contribution is 2.45. The number of hydrogen-bond donors (Lipinski definition) is 2. The van der Waals surface area contributed by atoms with Crippen molar-refractivity contribution < 1.29 is 38.3 Å². The average Bonchev–Trinajstić information content (AvgIpc) is 2.84. The maximum Gasteiger partial charge on any atom is 0.197 e. The lowest BCUT2D eigenvalue weighted by Gasteiger charge is -2.36. The maximum absolute atomic E-state index is 13.3. The molecule has 1 fully saturated rings. The lowest BCUT2D eigenvalue weighted by Crippen LogP contribution is -2.44. The average molecular weight is 472 g/mol. The van der Waals surface area contributed by atoms with E-state index in [0.29, 0.717) is 34.1 Å². The highest BCUT2D eigenvalue weighted by molar-refractivity contribution is 5.88. The molecule has 0 saturated carbocycles. The molecule has 0 aliphatic carbocycles. The van der Waals surface area contributed by atoms with Crippen molar-refractivity contribution >= 4 is 11.0 Å². The van der Waals surface area contributed by atoms with Gasteiger partial charge in [0.1, 0.15) is 34.3 Å². The third-order valence-electron chi connectivity index (χ3n) is 6.10. The molecule has 182 valence electrons. The number of ether oxygens (including phenoxy) is 5. The van der Waals surface area contributed by atoms with Crippen LogP contribution in [-0.4, -0.2) is 57.0 Å². The minimum atomic E-state index is -1.01. The second kappa shape index (κ2) is 9.54. The van der Waals surface area contributed by atoms with Crippen LogP contribution in [0.1, 0.15) is 25.0 Å². The summed E-state index contributed by atoms with van der Waals surface area (Å²) in [5, 5.41) is 20.6. The van der Waals surface area contributed by atoms with Gasteiger partial charge in [-0.1, -0.05) is 0 Å². The normalized spacial score (nSPS) is 22.4. The Labute approximate surface area is 196 Å². The first-order chi connectivity index (χ1) is 16.3. The fourth-order valence-electron chi connectivity index (χ4n) is 4.35. The third kappa shape index (κ3) is 4.06. The lowest BCUT2D eigenvalue weighted by atomic mass is 9.92. The largest absolute Gasteiger partial charge is 0.496 e. The zero-order valence-corrected chi connectivity index (χ0v) is 19.7. The van der Waals surface area contributed by atoms with Crippen LogP contribution in [0.15, 0.2) is 39.5 Å². The van der Waals surface area contributed by atoms with Crippen LogP contribution in [0.5, 0.6) is 23.0 Å². The number of fused-ring (bicyclic) bond motifs is 1. The van der Waals surface area contributed by atoms with Gasteiger partial charge in [-0.2, -0.15) is 0 Å². The predicted molar refractivity (Wildman–Crippen MR) is 124 cm³/mol. The van der Waals surface area contributed by atoms with E-state index >= 15 is 0 Å². The van der Waals surface area contributed by atoms with Gasteiger partial charge in [0, 0.05) is 24.1 Å². The molecule has 1 aliphatic heterocycles. The molecular weight excluding hydrogens is 444 g/mol. The van der Waals surface area contributed by atoms with Gasteiger partial charge in [-0.15, -0.1) is 0 Å². The van der Waals surface area contributed by atoms with Crippen molar-refractivity contribution in [2.45, 2.75) is 37.8 Å². The number of rotatable bonds is 6. The molecule has 0 bridgehead atoms. The fourth-order valence-corrected chi connectivity index (χ4v) is 4.35. The molecule has 0 unspecified atom stereocenters. The van der Waals surface area contributed by atoms with Gasteiger partial charge in [0.25, 0.3) is 0 Å². The summed E-state index contributed by atoms with van der Waals surface area (Å²) in [7, 11) is 5.99. The predicted octanol–water partition coefficient (Wildman–Crippen LogP) is 3.07. The number of hydrogen-bond acceptors (Lipinski definition) is 9. The van der Waals surface area contributed by atoms with E-state index < -0.39 is 24.4 Å². The van der Waals surface area contributed by atoms with Crippen LogP contribution < -0.4 is 24.4 Å². The standard InChI is InChI=1S/C25H28O9/c1-12-24(28)15(27)10-20(33-12)23-19(31-4)11-21-22(25(23)32-5)14(26)9-17(34-21)13-6-7-16(29-2)18(8-13)30-3/h6-9,11-12,15,20,24,27-28H,10H2,1-5H3/t12-,15-,20-,24+/m1/s1. The molecule has 1 saturated heterocycles. The van der Waals surface area contributed by atoms with Crippen molar-refractivity contribution in [2.75, 3.05) is 28.4 Å². The molecular formula is C25H28O9. The molecule has 0 spiro atoms. The zero-order valence-electron chi connectivity index (χ0n) is 19.7. The van der Waals surface area contributed by atoms with E-state index in [1.54, 1.807) is 38.3 Å². The van der Waals surface area contributed by atoms with Crippen molar-refractivity contribution in [1.29, 1.82) is 0 Å². The van der Waals surface area contributed by atoms with E-state index in [9.17, 15) is 15.0 Å². The molecule has 2 N–H and O–H groups in total. The number of benzene rings is 2. The summed E-state index contributed by atoms with van der Waals surface area (Å²) < 4.78 is 33.9. The minimum absolute atomic E-state index is 0.110. The van der Waals surface area contributed by atoms with Gasteiger partial charge in [0.2, 0.25) is 0 Å². The van der Waals surface area contributed by atoms with Gasteiger partial charge in [-0.05, 0) is 25.1 Å². The Morgan fingerprint density at radius 1 is 0.912 bits per heavy atom. The Morgan fingerprint density at radius 2 is 1.62 bits per heavy atom. The zero-order chi connectivity index (χ0) is 24.6. The summed E-state index contributed by atoms with van der Waals surface area (Å²) >= 11 is 0. The van der Waals surface area contributed by atoms with Crippen LogP contribution in [-0.2, 0) is 4.74 Å². The molecule has 9 heteroatoms. The fraction of sp³-hybridized carbons (Fsp3) is 0.400. The molecule has 9 nitrogen and oxygen atoms in total. The highest BCUT2D eigenvalue weighted by atomic mass is 16.5. The smallest absolute Gasteiger partial charge is 0.197 e. The van der Waals surface area contributed by atoms with Crippen LogP contribution in [0.25, 0.3) is 22.3 Å². The van der Waals surface area contributed by atoms with Gasteiger partial charge in [-0.3, -0.25) is 4.79 Å². The van der Waals surface area contributed by atoms with Gasteiger partial charge >= 0.3 is 0 Å². The Morgan fingerprint density at radius 3 is 2.24 bits per heavy atom. The van der Waals surface area contributed by atoms with E-state index in [1.807, 2.05) is 0 Å². The molecule has 0 radical (unpaired) electrons. The molecule has 34 heavy (non-hydrogen) atoms. The van der Waals surface area contributed by atoms with Crippen molar-refractivity contribution in [2.24, 2.45) is 0 Å². The summed E-state index contributed by atoms with van der Waals surface area (Å²) in [6, 6.07) is 8.19. The van der Waals surface area contributed by atoms with E-state index in [1.165, 1.54) is 27.4 Å². The molecule has 0 amide bonds.